The first-order valence-electron chi connectivity index (χ1n) is 7.43. The molecule has 21 heavy (non-hydrogen) atoms. The molecule has 0 saturated heterocycles. The van der Waals surface area contributed by atoms with Crippen LogP contribution >= 0.6 is 0 Å². The fourth-order valence-corrected chi connectivity index (χ4v) is 2.79. The van der Waals surface area contributed by atoms with Gasteiger partial charge in [0.25, 0.3) is 0 Å². The van der Waals surface area contributed by atoms with Gasteiger partial charge in [0.15, 0.2) is 5.66 Å². The van der Waals surface area contributed by atoms with Crippen LogP contribution in [0.1, 0.15) is 43.4 Å². The molecule has 0 bridgehead atoms. The Bertz CT molecular complexity index is 591. The molecule has 2 aliphatic rings. The molecule has 0 aliphatic carbocycles. The lowest BCUT2D eigenvalue weighted by Crippen LogP contribution is -2.31. The number of fused-ring (bicyclic) bond motifs is 1. The summed E-state index contributed by atoms with van der Waals surface area (Å²) in [7, 11) is 0. The van der Waals surface area contributed by atoms with E-state index < -0.39 is 0 Å². The average Bonchev–Trinajstić information content (AvgIpc) is 3.20. The summed E-state index contributed by atoms with van der Waals surface area (Å²) >= 11 is 0. The zero-order chi connectivity index (χ0) is 14.7. The number of aryl methyl sites for hydroxylation is 1. The summed E-state index contributed by atoms with van der Waals surface area (Å²) in [5.74, 6) is 3.79. The van der Waals surface area contributed by atoms with Gasteiger partial charge in [0.2, 0.25) is 5.91 Å². The van der Waals surface area contributed by atoms with E-state index in [1.54, 1.807) is 6.26 Å². The first-order valence-corrected chi connectivity index (χ1v) is 7.43. The number of carbonyl (C=O) groups is 1. The lowest BCUT2D eigenvalue weighted by Gasteiger charge is -2.21. The highest BCUT2D eigenvalue weighted by Gasteiger charge is 2.39. The van der Waals surface area contributed by atoms with E-state index in [4.69, 9.17) is 10.8 Å². The van der Waals surface area contributed by atoms with E-state index >= 15 is 0 Å². The number of amides is 1. The Hall–Kier alpha value is -2.09. The largest absolute Gasteiger partial charge is 0.469 e. The third kappa shape index (κ3) is 3.15. The Morgan fingerprint density at radius 3 is 3.10 bits per heavy atom. The standard InChI is InChI=1S/C16H19N3O2/c1-2-3-8-16(17-18-16)9-6-15(20)19-10-4-5-14-13(12-19)7-11-21-14/h1,7,11H,3-6,8-10,12H2. The molecule has 0 atom stereocenters. The maximum atomic E-state index is 12.4. The van der Waals surface area contributed by atoms with E-state index in [0.29, 0.717) is 25.8 Å². The highest BCUT2D eigenvalue weighted by Crippen LogP contribution is 2.37. The molecule has 0 fully saturated rings. The van der Waals surface area contributed by atoms with Gasteiger partial charge in [-0.3, -0.25) is 4.79 Å². The zero-order valence-corrected chi connectivity index (χ0v) is 12.0. The molecule has 1 aromatic rings. The van der Waals surface area contributed by atoms with Gasteiger partial charge in [-0.25, -0.2) is 0 Å². The molecule has 3 heterocycles. The number of carbonyl (C=O) groups excluding carboxylic acids is 1. The minimum atomic E-state index is -0.366. The summed E-state index contributed by atoms with van der Waals surface area (Å²) in [5, 5.41) is 8.16. The fraction of sp³-hybridized carbons (Fsp3) is 0.562. The third-order valence-corrected chi connectivity index (χ3v) is 4.18. The molecular formula is C16H19N3O2. The molecule has 1 aromatic heterocycles. The predicted octanol–water partition coefficient (Wildman–Crippen LogP) is 2.91. The molecule has 0 radical (unpaired) electrons. The van der Waals surface area contributed by atoms with Crippen molar-refractivity contribution in [1.82, 2.24) is 4.90 Å². The van der Waals surface area contributed by atoms with Crippen LogP contribution in [-0.2, 0) is 17.8 Å². The van der Waals surface area contributed by atoms with E-state index in [9.17, 15) is 4.79 Å². The normalized spacial score (nSPS) is 18.7. The predicted molar refractivity (Wildman–Crippen MR) is 77.3 cm³/mol. The van der Waals surface area contributed by atoms with E-state index in [0.717, 1.165) is 37.1 Å². The van der Waals surface area contributed by atoms with Crippen LogP contribution in [-0.4, -0.2) is 23.0 Å². The quantitative estimate of drug-likeness (QED) is 0.781. The van der Waals surface area contributed by atoms with Gasteiger partial charge in [-0.15, -0.1) is 12.3 Å². The van der Waals surface area contributed by atoms with E-state index in [1.165, 1.54) is 0 Å². The zero-order valence-electron chi connectivity index (χ0n) is 12.0. The summed E-state index contributed by atoms with van der Waals surface area (Å²) in [6.45, 7) is 1.44. The van der Waals surface area contributed by atoms with Crippen molar-refractivity contribution in [1.29, 1.82) is 0 Å². The molecule has 5 nitrogen and oxygen atoms in total. The number of nitrogens with zero attached hydrogens (tertiary/aromatic N) is 3. The Morgan fingerprint density at radius 2 is 2.33 bits per heavy atom. The Morgan fingerprint density at radius 1 is 1.48 bits per heavy atom. The van der Waals surface area contributed by atoms with Crippen molar-refractivity contribution >= 4 is 5.91 Å². The van der Waals surface area contributed by atoms with Crippen molar-refractivity contribution in [3.63, 3.8) is 0 Å². The molecular weight excluding hydrogens is 266 g/mol. The molecule has 0 unspecified atom stereocenters. The summed E-state index contributed by atoms with van der Waals surface area (Å²) in [4.78, 5) is 14.3. The second kappa shape index (κ2) is 5.72. The van der Waals surface area contributed by atoms with Gasteiger partial charge >= 0.3 is 0 Å². The maximum Gasteiger partial charge on any atom is 0.223 e. The van der Waals surface area contributed by atoms with Gasteiger partial charge in [-0.1, -0.05) is 0 Å². The second-order valence-corrected chi connectivity index (χ2v) is 5.67. The number of furan rings is 1. The summed E-state index contributed by atoms with van der Waals surface area (Å²) in [6.07, 6.45) is 11.4. The van der Waals surface area contributed by atoms with E-state index in [-0.39, 0.29) is 11.6 Å². The van der Waals surface area contributed by atoms with E-state index in [2.05, 4.69) is 16.1 Å². The van der Waals surface area contributed by atoms with Crippen molar-refractivity contribution in [2.75, 3.05) is 6.54 Å². The fourth-order valence-electron chi connectivity index (χ4n) is 2.79. The molecule has 0 saturated carbocycles. The van der Waals surface area contributed by atoms with Gasteiger partial charge in [0, 0.05) is 50.8 Å². The Balaban J connectivity index is 1.53. The average molecular weight is 285 g/mol. The number of rotatable bonds is 5. The smallest absolute Gasteiger partial charge is 0.223 e. The topological polar surface area (TPSA) is 58.2 Å². The first-order chi connectivity index (χ1) is 10.2. The summed E-state index contributed by atoms with van der Waals surface area (Å²) in [6, 6.07) is 1.96. The van der Waals surface area contributed by atoms with Crippen LogP contribution in [0.3, 0.4) is 0 Å². The maximum absolute atomic E-state index is 12.4. The van der Waals surface area contributed by atoms with Crippen LogP contribution in [0.15, 0.2) is 27.0 Å². The van der Waals surface area contributed by atoms with Crippen molar-refractivity contribution in [2.24, 2.45) is 10.2 Å². The lowest BCUT2D eigenvalue weighted by atomic mass is 10.0. The number of terminal acetylenes is 1. The molecule has 1 amide bonds. The van der Waals surface area contributed by atoms with Gasteiger partial charge in [-0.2, -0.15) is 10.2 Å². The monoisotopic (exact) mass is 285 g/mol. The molecule has 0 spiro atoms. The van der Waals surface area contributed by atoms with Crippen LogP contribution in [0.5, 0.6) is 0 Å². The van der Waals surface area contributed by atoms with Gasteiger partial charge in [0.1, 0.15) is 5.76 Å². The Kier molecular flexibility index (Phi) is 3.78. The van der Waals surface area contributed by atoms with Crippen LogP contribution in [0.4, 0.5) is 0 Å². The van der Waals surface area contributed by atoms with Gasteiger partial charge in [-0.05, 0) is 12.5 Å². The molecule has 0 aromatic carbocycles. The first kappa shape index (κ1) is 13.9. The SMILES string of the molecule is C#CCCC1(CCC(=O)N2CCCc3occc3C2)N=N1. The van der Waals surface area contributed by atoms with Crippen molar-refractivity contribution in [2.45, 2.75) is 50.7 Å². The molecule has 110 valence electrons. The number of hydrogen-bond acceptors (Lipinski definition) is 4. The van der Waals surface area contributed by atoms with Gasteiger partial charge in [0.05, 0.1) is 6.26 Å². The Labute approximate surface area is 124 Å². The van der Waals surface area contributed by atoms with Crippen molar-refractivity contribution < 1.29 is 9.21 Å². The third-order valence-electron chi connectivity index (χ3n) is 4.18. The highest BCUT2D eigenvalue weighted by atomic mass is 16.3. The minimum Gasteiger partial charge on any atom is -0.469 e. The lowest BCUT2D eigenvalue weighted by molar-refractivity contribution is -0.132. The molecule has 3 rings (SSSR count). The van der Waals surface area contributed by atoms with Gasteiger partial charge < -0.3 is 9.32 Å². The van der Waals surface area contributed by atoms with Crippen LogP contribution in [0.2, 0.25) is 0 Å². The minimum absolute atomic E-state index is 0.168. The van der Waals surface area contributed by atoms with E-state index in [1.807, 2.05) is 11.0 Å². The summed E-state index contributed by atoms with van der Waals surface area (Å²) in [5.41, 5.74) is 0.762. The second-order valence-electron chi connectivity index (χ2n) is 5.67. The highest BCUT2D eigenvalue weighted by molar-refractivity contribution is 5.76. The van der Waals surface area contributed by atoms with Crippen molar-refractivity contribution in [3.8, 4) is 12.3 Å². The molecule has 2 aliphatic heterocycles. The van der Waals surface area contributed by atoms with Crippen molar-refractivity contribution in [3.05, 3.63) is 23.7 Å². The molecule has 5 heteroatoms. The van der Waals surface area contributed by atoms with Crippen LogP contribution in [0, 0.1) is 12.3 Å². The van der Waals surface area contributed by atoms with Crippen LogP contribution < -0.4 is 0 Å². The van der Waals surface area contributed by atoms with Crippen LogP contribution in [0.25, 0.3) is 0 Å². The summed E-state index contributed by atoms with van der Waals surface area (Å²) < 4.78 is 5.45. The molecule has 0 N–H and O–H groups in total. The number of hydrogen-bond donors (Lipinski definition) is 0.